The van der Waals surface area contributed by atoms with Gasteiger partial charge in [0.2, 0.25) is 0 Å². The number of ether oxygens (including phenoxy) is 1. The van der Waals surface area contributed by atoms with Crippen LogP contribution in [0.3, 0.4) is 0 Å². The first-order valence-electron chi connectivity index (χ1n) is 6.20. The van der Waals surface area contributed by atoms with Crippen molar-refractivity contribution in [1.82, 2.24) is 9.88 Å². The van der Waals surface area contributed by atoms with Crippen LogP contribution in [0.15, 0.2) is 18.3 Å². The summed E-state index contributed by atoms with van der Waals surface area (Å²) >= 11 is 0. The number of aryl methyl sites for hydroxylation is 1. The van der Waals surface area contributed by atoms with Crippen molar-refractivity contribution in [1.29, 1.82) is 0 Å². The van der Waals surface area contributed by atoms with Crippen LogP contribution in [-0.2, 0) is 4.74 Å². The molecule has 0 saturated carbocycles. The number of nitrogens with zero attached hydrogens (tertiary/aromatic N) is 2. The van der Waals surface area contributed by atoms with Crippen LogP contribution in [-0.4, -0.2) is 41.2 Å². The van der Waals surface area contributed by atoms with Gasteiger partial charge in [-0.15, -0.1) is 0 Å². The minimum Gasteiger partial charge on any atom is -0.375 e. The number of urea groups is 1. The molecule has 98 valence electrons. The molecule has 2 amide bonds. The van der Waals surface area contributed by atoms with Crippen molar-refractivity contribution in [3.63, 3.8) is 0 Å². The third kappa shape index (κ3) is 2.79. The Labute approximate surface area is 107 Å². The molecule has 2 rings (SSSR count). The van der Waals surface area contributed by atoms with Crippen LogP contribution in [0.5, 0.6) is 0 Å². The predicted molar refractivity (Wildman–Crippen MR) is 69.6 cm³/mol. The van der Waals surface area contributed by atoms with Crippen LogP contribution in [0, 0.1) is 6.92 Å². The number of amides is 2. The molecule has 0 unspecified atom stereocenters. The van der Waals surface area contributed by atoms with Crippen molar-refractivity contribution >= 4 is 11.7 Å². The molecule has 2 atom stereocenters. The summed E-state index contributed by atoms with van der Waals surface area (Å²) in [6.45, 7) is 7.10. The van der Waals surface area contributed by atoms with E-state index in [9.17, 15) is 4.79 Å². The maximum Gasteiger partial charge on any atom is 0.322 e. The van der Waals surface area contributed by atoms with E-state index in [-0.39, 0.29) is 18.2 Å². The SMILES string of the molecule is Cc1cc(NC(=O)N2CCO[C@H](C)[C@@H]2C)ccn1. The minimum absolute atomic E-state index is 0.0728. The molecule has 0 aliphatic carbocycles. The number of anilines is 1. The van der Waals surface area contributed by atoms with E-state index in [4.69, 9.17) is 4.74 Å². The normalized spacial score (nSPS) is 23.8. The fraction of sp³-hybridized carbons (Fsp3) is 0.538. The quantitative estimate of drug-likeness (QED) is 0.828. The van der Waals surface area contributed by atoms with Crippen molar-refractivity contribution < 1.29 is 9.53 Å². The maximum absolute atomic E-state index is 12.2. The molecule has 0 spiro atoms. The molecule has 5 nitrogen and oxygen atoms in total. The first-order chi connectivity index (χ1) is 8.58. The Balaban J connectivity index is 2.03. The van der Waals surface area contributed by atoms with Gasteiger partial charge in [0.25, 0.3) is 0 Å². The van der Waals surface area contributed by atoms with Crippen LogP contribution in [0.4, 0.5) is 10.5 Å². The lowest BCUT2D eigenvalue weighted by Crippen LogP contribution is -2.52. The van der Waals surface area contributed by atoms with Crippen molar-refractivity contribution in [2.45, 2.75) is 32.9 Å². The molecule has 2 heterocycles. The van der Waals surface area contributed by atoms with Crippen molar-refractivity contribution in [3.05, 3.63) is 24.0 Å². The number of carbonyl (C=O) groups excluding carboxylic acids is 1. The lowest BCUT2D eigenvalue weighted by Gasteiger charge is -2.37. The van der Waals surface area contributed by atoms with Gasteiger partial charge in [0.15, 0.2) is 0 Å². The average molecular weight is 249 g/mol. The molecule has 1 N–H and O–H groups in total. The molecule has 0 aromatic carbocycles. The highest BCUT2D eigenvalue weighted by Crippen LogP contribution is 2.15. The molecular weight excluding hydrogens is 230 g/mol. The second-order valence-corrected chi connectivity index (χ2v) is 4.63. The largest absolute Gasteiger partial charge is 0.375 e. The number of morpholine rings is 1. The lowest BCUT2D eigenvalue weighted by molar-refractivity contribution is -0.0355. The van der Waals surface area contributed by atoms with Gasteiger partial charge < -0.3 is 15.0 Å². The van der Waals surface area contributed by atoms with Gasteiger partial charge in [-0.05, 0) is 32.9 Å². The van der Waals surface area contributed by atoms with Gasteiger partial charge in [0.05, 0.1) is 18.8 Å². The highest BCUT2D eigenvalue weighted by Gasteiger charge is 2.29. The summed E-state index contributed by atoms with van der Waals surface area (Å²) in [6, 6.07) is 3.65. The second-order valence-electron chi connectivity index (χ2n) is 4.63. The van der Waals surface area contributed by atoms with Gasteiger partial charge in [-0.3, -0.25) is 4.98 Å². The standard InChI is InChI=1S/C13H19N3O2/c1-9-8-12(4-5-14-9)15-13(17)16-6-7-18-11(3)10(16)2/h4-5,8,10-11H,6-7H2,1-3H3,(H,14,15,17)/t10-,11+/m0/s1. The number of hydrogen-bond donors (Lipinski definition) is 1. The smallest absolute Gasteiger partial charge is 0.322 e. The summed E-state index contributed by atoms with van der Waals surface area (Å²) < 4.78 is 5.51. The Morgan fingerprint density at radius 2 is 2.33 bits per heavy atom. The third-order valence-corrected chi connectivity index (χ3v) is 3.29. The summed E-state index contributed by atoms with van der Waals surface area (Å²) in [7, 11) is 0. The topological polar surface area (TPSA) is 54.5 Å². The molecule has 1 aliphatic heterocycles. The van der Waals surface area contributed by atoms with Gasteiger partial charge in [-0.1, -0.05) is 0 Å². The number of pyridine rings is 1. The third-order valence-electron chi connectivity index (χ3n) is 3.29. The molecule has 1 aliphatic rings. The average Bonchev–Trinajstić information content (AvgIpc) is 2.32. The van der Waals surface area contributed by atoms with Crippen LogP contribution in [0.2, 0.25) is 0 Å². The summed E-state index contributed by atoms with van der Waals surface area (Å²) in [6.07, 6.45) is 1.76. The summed E-state index contributed by atoms with van der Waals surface area (Å²) in [4.78, 5) is 18.1. The van der Waals surface area contributed by atoms with E-state index >= 15 is 0 Å². The van der Waals surface area contributed by atoms with Crippen LogP contribution < -0.4 is 5.32 Å². The number of carbonyl (C=O) groups is 1. The van der Waals surface area contributed by atoms with Gasteiger partial charge in [0, 0.05) is 24.1 Å². The number of nitrogens with one attached hydrogen (secondary N) is 1. The Hall–Kier alpha value is -1.62. The van der Waals surface area contributed by atoms with Gasteiger partial charge in [0.1, 0.15) is 0 Å². The van der Waals surface area contributed by atoms with Crippen molar-refractivity contribution in [2.24, 2.45) is 0 Å². The van der Waals surface area contributed by atoms with E-state index in [2.05, 4.69) is 10.3 Å². The van der Waals surface area contributed by atoms with Gasteiger partial charge in [-0.2, -0.15) is 0 Å². The monoisotopic (exact) mass is 249 g/mol. The number of aromatic nitrogens is 1. The second kappa shape index (κ2) is 5.35. The van der Waals surface area contributed by atoms with Crippen LogP contribution in [0.1, 0.15) is 19.5 Å². The molecule has 1 fully saturated rings. The number of rotatable bonds is 1. The predicted octanol–water partition coefficient (Wildman–Crippen LogP) is 2.03. The minimum atomic E-state index is -0.0803. The zero-order chi connectivity index (χ0) is 13.1. The van der Waals surface area contributed by atoms with E-state index in [1.165, 1.54) is 0 Å². The first-order valence-corrected chi connectivity index (χ1v) is 6.20. The molecule has 0 radical (unpaired) electrons. The van der Waals surface area contributed by atoms with Gasteiger partial charge >= 0.3 is 6.03 Å². The Kier molecular flexibility index (Phi) is 3.81. The Morgan fingerprint density at radius 3 is 3.06 bits per heavy atom. The lowest BCUT2D eigenvalue weighted by atomic mass is 10.1. The van der Waals surface area contributed by atoms with Crippen LogP contribution >= 0.6 is 0 Å². The fourth-order valence-corrected chi connectivity index (χ4v) is 2.04. The van der Waals surface area contributed by atoms with E-state index in [0.29, 0.717) is 13.2 Å². The summed E-state index contributed by atoms with van der Waals surface area (Å²) in [5, 5.41) is 2.89. The highest BCUT2D eigenvalue weighted by molar-refractivity contribution is 5.89. The zero-order valence-electron chi connectivity index (χ0n) is 11.0. The first kappa shape index (κ1) is 12.8. The Bertz CT molecular complexity index is 436. The maximum atomic E-state index is 12.2. The number of hydrogen-bond acceptors (Lipinski definition) is 3. The van der Waals surface area contributed by atoms with Crippen molar-refractivity contribution in [3.8, 4) is 0 Å². The highest BCUT2D eigenvalue weighted by atomic mass is 16.5. The Morgan fingerprint density at radius 1 is 1.56 bits per heavy atom. The summed E-state index contributed by atoms with van der Waals surface area (Å²) in [5.74, 6) is 0. The molecule has 1 aromatic heterocycles. The fourth-order valence-electron chi connectivity index (χ4n) is 2.04. The van der Waals surface area contributed by atoms with Crippen molar-refractivity contribution in [2.75, 3.05) is 18.5 Å². The molecule has 1 aromatic rings. The molecule has 5 heteroatoms. The van der Waals surface area contributed by atoms with Gasteiger partial charge in [-0.25, -0.2) is 4.79 Å². The van der Waals surface area contributed by atoms with Crippen LogP contribution in [0.25, 0.3) is 0 Å². The zero-order valence-corrected chi connectivity index (χ0v) is 11.0. The molecular formula is C13H19N3O2. The van der Waals surface area contributed by atoms with E-state index in [0.717, 1.165) is 11.4 Å². The molecule has 1 saturated heterocycles. The summed E-state index contributed by atoms with van der Waals surface area (Å²) in [5.41, 5.74) is 1.66. The van der Waals surface area contributed by atoms with E-state index in [1.54, 1.807) is 12.3 Å². The molecule has 18 heavy (non-hydrogen) atoms. The van der Waals surface area contributed by atoms with E-state index < -0.39 is 0 Å². The van der Waals surface area contributed by atoms with E-state index in [1.807, 2.05) is 31.7 Å². The molecule has 0 bridgehead atoms.